The van der Waals surface area contributed by atoms with Crippen molar-refractivity contribution in [3.63, 3.8) is 0 Å². The van der Waals surface area contributed by atoms with Crippen LogP contribution in [0.2, 0.25) is 5.02 Å². The minimum absolute atomic E-state index is 0.349. The Morgan fingerprint density at radius 1 is 1.50 bits per heavy atom. The second-order valence-corrected chi connectivity index (χ2v) is 3.89. The van der Waals surface area contributed by atoms with Crippen molar-refractivity contribution in [3.8, 4) is 0 Å². The van der Waals surface area contributed by atoms with Crippen LogP contribution in [0.3, 0.4) is 0 Å². The molecule has 0 saturated heterocycles. The van der Waals surface area contributed by atoms with Gasteiger partial charge in [0.25, 0.3) is 0 Å². The summed E-state index contributed by atoms with van der Waals surface area (Å²) in [5, 5.41) is 1.96. The Balaban J connectivity index is 2.66. The van der Waals surface area contributed by atoms with Gasteiger partial charge in [0.15, 0.2) is 0 Å². The van der Waals surface area contributed by atoms with E-state index in [-0.39, 0.29) is 0 Å². The van der Waals surface area contributed by atoms with Gasteiger partial charge in [-0.15, -0.1) is 6.58 Å². The second-order valence-electron chi connectivity index (χ2n) is 3.46. The lowest BCUT2D eigenvalue weighted by atomic mass is 10.0. The molecule has 1 heterocycles. The Hall–Kier alpha value is -1.21. The molecular weight excluding hydrogens is 194 g/mol. The molecule has 1 unspecified atom stereocenters. The summed E-state index contributed by atoms with van der Waals surface area (Å²) in [4.78, 5) is 3.22. The highest BCUT2D eigenvalue weighted by atomic mass is 35.5. The topological polar surface area (TPSA) is 15.8 Å². The first-order chi connectivity index (χ1) is 6.72. The number of nitrogens with one attached hydrogen (secondary N) is 1. The van der Waals surface area contributed by atoms with Gasteiger partial charge in [-0.1, -0.05) is 24.6 Å². The van der Waals surface area contributed by atoms with Gasteiger partial charge in [0.2, 0.25) is 0 Å². The lowest BCUT2D eigenvalue weighted by Gasteiger charge is -2.03. The maximum atomic E-state index is 5.96. The third kappa shape index (κ3) is 1.44. The van der Waals surface area contributed by atoms with Gasteiger partial charge in [0.1, 0.15) is 0 Å². The van der Waals surface area contributed by atoms with Crippen molar-refractivity contribution in [2.45, 2.75) is 12.8 Å². The lowest BCUT2D eigenvalue weighted by molar-refractivity contribution is 0.982. The largest absolute Gasteiger partial charge is 0.361 e. The van der Waals surface area contributed by atoms with Crippen LogP contribution >= 0.6 is 11.6 Å². The van der Waals surface area contributed by atoms with Crippen LogP contribution in [-0.4, -0.2) is 4.98 Å². The van der Waals surface area contributed by atoms with E-state index in [4.69, 9.17) is 11.6 Å². The van der Waals surface area contributed by atoms with Crippen LogP contribution in [0.15, 0.2) is 37.1 Å². The quantitative estimate of drug-likeness (QED) is 0.711. The molecule has 2 rings (SSSR count). The van der Waals surface area contributed by atoms with Crippen molar-refractivity contribution in [3.05, 3.63) is 47.6 Å². The highest BCUT2D eigenvalue weighted by Gasteiger charge is 2.08. The summed E-state index contributed by atoms with van der Waals surface area (Å²) in [5.74, 6) is 0.349. The van der Waals surface area contributed by atoms with Gasteiger partial charge in [-0.25, -0.2) is 0 Å². The molecule has 14 heavy (non-hydrogen) atoms. The lowest BCUT2D eigenvalue weighted by Crippen LogP contribution is -1.85. The van der Waals surface area contributed by atoms with E-state index in [2.05, 4.69) is 18.5 Å². The zero-order valence-electron chi connectivity index (χ0n) is 8.05. The molecule has 0 spiro atoms. The number of aromatic nitrogens is 1. The Labute approximate surface area is 88.4 Å². The highest BCUT2D eigenvalue weighted by molar-refractivity contribution is 6.31. The molecule has 1 N–H and O–H groups in total. The molecule has 2 heteroatoms. The summed E-state index contributed by atoms with van der Waals surface area (Å²) in [5.41, 5.74) is 2.37. The average Bonchev–Trinajstić information content (AvgIpc) is 2.59. The van der Waals surface area contributed by atoms with E-state index in [0.29, 0.717) is 5.92 Å². The van der Waals surface area contributed by atoms with E-state index in [1.165, 1.54) is 10.9 Å². The van der Waals surface area contributed by atoms with Crippen molar-refractivity contribution < 1.29 is 0 Å². The van der Waals surface area contributed by atoms with Crippen LogP contribution in [0.25, 0.3) is 10.9 Å². The van der Waals surface area contributed by atoms with Crippen molar-refractivity contribution >= 4 is 22.5 Å². The summed E-state index contributed by atoms with van der Waals surface area (Å²) in [6.07, 6.45) is 3.96. The molecule has 1 aromatic carbocycles. The van der Waals surface area contributed by atoms with Gasteiger partial charge in [-0.2, -0.15) is 0 Å². The van der Waals surface area contributed by atoms with Gasteiger partial charge in [0, 0.05) is 28.0 Å². The Bertz CT molecular complexity index is 470. The summed E-state index contributed by atoms with van der Waals surface area (Å²) < 4.78 is 0. The van der Waals surface area contributed by atoms with Crippen LogP contribution in [0, 0.1) is 0 Å². The van der Waals surface area contributed by atoms with E-state index in [0.717, 1.165) is 10.5 Å². The fourth-order valence-corrected chi connectivity index (χ4v) is 1.79. The number of hydrogen-bond donors (Lipinski definition) is 1. The minimum Gasteiger partial charge on any atom is -0.361 e. The standard InChI is InChI=1S/C12H12ClN/c1-3-8(2)11-7-14-12-5-4-9(13)6-10(11)12/h3-8,14H,1H2,2H3. The van der Waals surface area contributed by atoms with Crippen LogP contribution in [-0.2, 0) is 0 Å². The summed E-state index contributed by atoms with van der Waals surface area (Å²) in [7, 11) is 0. The zero-order valence-corrected chi connectivity index (χ0v) is 8.81. The Morgan fingerprint density at radius 2 is 2.29 bits per heavy atom. The molecular formula is C12H12ClN. The molecule has 0 bridgehead atoms. The predicted molar refractivity (Wildman–Crippen MR) is 61.9 cm³/mol. The van der Waals surface area contributed by atoms with Crippen molar-refractivity contribution in [1.29, 1.82) is 0 Å². The first-order valence-electron chi connectivity index (χ1n) is 4.61. The summed E-state index contributed by atoms with van der Waals surface area (Å²) >= 11 is 5.96. The third-order valence-electron chi connectivity index (χ3n) is 2.52. The molecule has 1 atom stereocenters. The van der Waals surface area contributed by atoms with Crippen LogP contribution in [0.5, 0.6) is 0 Å². The fraction of sp³-hybridized carbons (Fsp3) is 0.167. The maximum absolute atomic E-state index is 5.96. The van der Waals surface area contributed by atoms with Crippen LogP contribution in [0.1, 0.15) is 18.4 Å². The molecule has 0 radical (unpaired) electrons. The number of H-pyrrole nitrogens is 1. The number of fused-ring (bicyclic) bond motifs is 1. The highest BCUT2D eigenvalue weighted by Crippen LogP contribution is 2.28. The molecule has 0 amide bonds. The van der Waals surface area contributed by atoms with E-state index in [1.807, 2.05) is 30.5 Å². The number of allylic oxidation sites excluding steroid dienone is 1. The first kappa shape index (κ1) is 9.35. The van der Waals surface area contributed by atoms with Gasteiger partial charge < -0.3 is 4.98 Å². The van der Waals surface area contributed by atoms with Gasteiger partial charge in [0.05, 0.1) is 0 Å². The number of halogens is 1. The van der Waals surface area contributed by atoms with Crippen LogP contribution in [0.4, 0.5) is 0 Å². The molecule has 1 aromatic heterocycles. The molecule has 2 aromatic rings. The minimum atomic E-state index is 0.349. The van der Waals surface area contributed by atoms with Crippen molar-refractivity contribution in [2.24, 2.45) is 0 Å². The number of benzene rings is 1. The molecule has 1 nitrogen and oxygen atoms in total. The van der Waals surface area contributed by atoms with Gasteiger partial charge in [-0.3, -0.25) is 0 Å². The van der Waals surface area contributed by atoms with E-state index in [1.54, 1.807) is 0 Å². The first-order valence-corrected chi connectivity index (χ1v) is 4.99. The molecule has 0 aliphatic rings. The Kier molecular flexibility index (Phi) is 2.34. The smallest absolute Gasteiger partial charge is 0.0458 e. The van der Waals surface area contributed by atoms with Crippen molar-refractivity contribution in [1.82, 2.24) is 4.98 Å². The van der Waals surface area contributed by atoms with E-state index in [9.17, 15) is 0 Å². The number of aromatic amines is 1. The molecule has 72 valence electrons. The van der Waals surface area contributed by atoms with Gasteiger partial charge in [-0.05, 0) is 23.8 Å². The summed E-state index contributed by atoms with van der Waals surface area (Å²) in [6.45, 7) is 5.92. The molecule has 0 aliphatic carbocycles. The number of hydrogen-bond acceptors (Lipinski definition) is 0. The monoisotopic (exact) mass is 205 g/mol. The molecule has 0 aliphatic heterocycles. The third-order valence-corrected chi connectivity index (χ3v) is 2.76. The van der Waals surface area contributed by atoms with Gasteiger partial charge >= 0.3 is 0 Å². The average molecular weight is 206 g/mol. The van der Waals surface area contributed by atoms with Crippen molar-refractivity contribution in [2.75, 3.05) is 0 Å². The predicted octanol–water partition coefficient (Wildman–Crippen LogP) is 4.11. The fourth-order valence-electron chi connectivity index (χ4n) is 1.62. The SMILES string of the molecule is C=CC(C)c1c[nH]c2ccc(Cl)cc12. The number of rotatable bonds is 2. The van der Waals surface area contributed by atoms with Crippen LogP contribution < -0.4 is 0 Å². The maximum Gasteiger partial charge on any atom is 0.0458 e. The van der Waals surface area contributed by atoms with E-state index >= 15 is 0 Å². The summed E-state index contributed by atoms with van der Waals surface area (Å²) in [6, 6.07) is 5.88. The normalized spacial score (nSPS) is 13.0. The van der Waals surface area contributed by atoms with E-state index < -0.39 is 0 Å². The second kappa shape index (κ2) is 3.50. The molecule has 0 fully saturated rings. The molecule has 0 saturated carbocycles. The zero-order chi connectivity index (χ0) is 10.1. The Morgan fingerprint density at radius 3 is 3.00 bits per heavy atom.